The summed E-state index contributed by atoms with van der Waals surface area (Å²) in [6, 6.07) is 9.72. The van der Waals surface area contributed by atoms with Gasteiger partial charge in [0.1, 0.15) is 11.5 Å². The Balaban J connectivity index is 0.00000240. The zero-order valence-electron chi connectivity index (χ0n) is 17.1. The quantitative estimate of drug-likeness (QED) is 0.381. The van der Waals surface area contributed by atoms with Crippen molar-refractivity contribution < 1.29 is 48.0 Å². The number of aromatic nitrogens is 2. The summed E-state index contributed by atoms with van der Waals surface area (Å²) in [5.41, 5.74) is 4.62. The molecule has 1 atom stereocenters. The van der Waals surface area contributed by atoms with Crippen molar-refractivity contribution in [2.45, 2.75) is 30.7 Å². The Labute approximate surface area is 195 Å². The van der Waals surface area contributed by atoms with Crippen LogP contribution in [0.1, 0.15) is 23.1 Å². The van der Waals surface area contributed by atoms with Crippen LogP contribution in [0, 0.1) is 6.92 Å². The fourth-order valence-electron chi connectivity index (χ4n) is 3.28. The molecule has 2 aromatic carbocycles. The average Bonchev–Trinajstić information content (AvgIpc) is 3.31. The van der Waals surface area contributed by atoms with Crippen molar-refractivity contribution in [3.8, 4) is 11.5 Å². The van der Waals surface area contributed by atoms with Crippen LogP contribution in [0.2, 0.25) is 0 Å². The smallest absolute Gasteiger partial charge is 0.493 e. The third kappa shape index (κ3) is 5.03. The second-order valence-corrected chi connectivity index (χ2v) is 8.12. The molecule has 0 aliphatic carbocycles. The zero-order chi connectivity index (χ0) is 19.5. The van der Waals surface area contributed by atoms with Gasteiger partial charge >= 0.3 is 29.6 Å². The number of hydrogen-bond donors (Lipinski definition) is 0. The van der Waals surface area contributed by atoms with E-state index in [1.54, 1.807) is 7.11 Å². The van der Waals surface area contributed by atoms with Gasteiger partial charge in [0.25, 0.3) is 0 Å². The van der Waals surface area contributed by atoms with E-state index in [9.17, 15) is 4.21 Å². The third-order valence-corrected chi connectivity index (χ3v) is 6.02. The molecule has 0 saturated carbocycles. The van der Waals surface area contributed by atoms with Crippen LogP contribution in [0.25, 0.3) is 11.0 Å². The van der Waals surface area contributed by atoms with Gasteiger partial charge in [0.05, 0.1) is 19.0 Å². The number of imidazole rings is 1. The van der Waals surface area contributed by atoms with Crippen molar-refractivity contribution in [2.75, 3.05) is 26.9 Å². The fraction of sp³-hybridized carbons (Fsp3) is 0.381. The Morgan fingerprint density at radius 1 is 1.28 bits per heavy atom. The molecule has 1 aromatic heterocycles. The molecule has 148 valence electrons. The molecule has 0 N–H and O–H groups in total. The number of hydrogen-bond acceptors (Lipinski definition) is 5. The van der Waals surface area contributed by atoms with E-state index in [-0.39, 0.29) is 29.6 Å². The Kier molecular flexibility index (Phi) is 7.76. The standard InChI is InChI=1S/C21H23N2O4S.Na/c1-14-16(5-3-6-19(14)26-9-4-8-25-2)13-28(24)21-22-17-11-15-7-10-27-20(15)12-18(17)23-21;/h3,5-6,11-12H,4,7-10,13H2,1-2H3;/q-1;+1. The first-order chi connectivity index (χ1) is 13.7. The third-order valence-electron chi connectivity index (χ3n) is 4.86. The topological polar surface area (TPSA) is 71.8 Å². The molecule has 4 rings (SSSR count). The first-order valence-corrected chi connectivity index (χ1v) is 10.7. The first kappa shape index (κ1) is 22.3. The largest absolute Gasteiger partial charge is 1.00 e. The predicted octanol–water partition coefficient (Wildman–Crippen LogP) is 0.162. The summed E-state index contributed by atoms with van der Waals surface area (Å²) in [5, 5.41) is 0.365. The molecule has 0 spiro atoms. The van der Waals surface area contributed by atoms with Crippen LogP contribution >= 0.6 is 0 Å². The maximum Gasteiger partial charge on any atom is 1.00 e. The number of ether oxygens (including phenoxy) is 3. The van der Waals surface area contributed by atoms with Gasteiger partial charge in [-0.1, -0.05) is 18.2 Å². The Morgan fingerprint density at radius 2 is 2.14 bits per heavy atom. The Morgan fingerprint density at radius 3 is 2.97 bits per heavy atom. The number of fused-ring (bicyclic) bond motifs is 2. The molecule has 0 bridgehead atoms. The minimum atomic E-state index is -1.33. The van der Waals surface area contributed by atoms with Gasteiger partial charge in [0.2, 0.25) is 0 Å². The molecule has 1 aliphatic rings. The summed E-state index contributed by atoms with van der Waals surface area (Å²) in [5.74, 6) is 2.03. The average molecular weight is 422 g/mol. The normalized spacial score (nSPS) is 13.6. The van der Waals surface area contributed by atoms with Gasteiger partial charge < -0.3 is 24.2 Å². The summed E-state index contributed by atoms with van der Waals surface area (Å²) >= 11 is 0. The molecule has 3 aromatic rings. The molecule has 29 heavy (non-hydrogen) atoms. The van der Waals surface area contributed by atoms with Crippen molar-refractivity contribution >= 4 is 21.8 Å². The van der Waals surface area contributed by atoms with Gasteiger partial charge in [-0.05, 0) is 46.8 Å². The number of methoxy groups -OCH3 is 1. The van der Waals surface area contributed by atoms with Crippen LogP contribution in [0.15, 0.2) is 35.5 Å². The molecule has 8 heteroatoms. The summed E-state index contributed by atoms with van der Waals surface area (Å²) in [7, 11) is 0.347. The molecule has 0 amide bonds. The molecule has 1 unspecified atom stereocenters. The van der Waals surface area contributed by atoms with Crippen molar-refractivity contribution in [1.82, 2.24) is 9.97 Å². The molecule has 6 nitrogen and oxygen atoms in total. The SMILES string of the molecule is COCCCOc1cccc(CS(=O)c2nc3cc4c(cc3[n-]2)OCC4)c1C.[Na+]. The van der Waals surface area contributed by atoms with Gasteiger partial charge in [-0.15, -0.1) is 0 Å². The maximum atomic E-state index is 12.9. The van der Waals surface area contributed by atoms with Crippen molar-refractivity contribution in [3.05, 3.63) is 47.0 Å². The van der Waals surface area contributed by atoms with Crippen LogP contribution in [0.3, 0.4) is 0 Å². The molecular weight excluding hydrogens is 399 g/mol. The van der Waals surface area contributed by atoms with E-state index in [0.717, 1.165) is 52.1 Å². The minimum Gasteiger partial charge on any atom is -0.493 e. The van der Waals surface area contributed by atoms with E-state index in [4.69, 9.17) is 14.2 Å². The Hall–Kier alpha value is -1.38. The van der Waals surface area contributed by atoms with E-state index < -0.39 is 10.8 Å². The van der Waals surface area contributed by atoms with E-state index in [1.807, 2.05) is 37.3 Å². The number of benzene rings is 2. The van der Waals surface area contributed by atoms with Crippen LogP contribution in [-0.2, 0) is 27.7 Å². The first-order valence-electron chi connectivity index (χ1n) is 9.34. The van der Waals surface area contributed by atoms with Crippen LogP contribution < -0.4 is 44.0 Å². The molecule has 2 heterocycles. The van der Waals surface area contributed by atoms with Crippen LogP contribution in [0.5, 0.6) is 11.5 Å². The van der Waals surface area contributed by atoms with E-state index in [0.29, 0.717) is 30.7 Å². The number of nitrogens with zero attached hydrogens (tertiary/aromatic N) is 2. The van der Waals surface area contributed by atoms with Crippen molar-refractivity contribution in [3.63, 3.8) is 0 Å². The molecule has 1 aliphatic heterocycles. The molecule has 0 fully saturated rings. The Bertz CT molecular complexity index is 980. The second-order valence-electron chi connectivity index (χ2n) is 6.78. The van der Waals surface area contributed by atoms with Gasteiger partial charge in [-0.25, -0.2) is 0 Å². The van der Waals surface area contributed by atoms with Gasteiger partial charge in [0.15, 0.2) is 0 Å². The summed E-state index contributed by atoms with van der Waals surface area (Å²) in [6.07, 6.45) is 1.71. The van der Waals surface area contributed by atoms with Gasteiger partial charge in [0, 0.05) is 42.5 Å². The minimum absolute atomic E-state index is 0. The van der Waals surface area contributed by atoms with Crippen molar-refractivity contribution in [1.29, 1.82) is 0 Å². The van der Waals surface area contributed by atoms with E-state index >= 15 is 0 Å². The van der Waals surface area contributed by atoms with Gasteiger partial charge in [-0.3, -0.25) is 4.21 Å². The predicted molar refractivity (Wildman–Crippen MR) is 108 cm³/mol. The summed E-state index contributed by atoms with van der Waals surface area (Å²) in [4.78, 5) is 8.97. The monoisotopic (exact) mass is 422 g/mol. The summed E-state index contributed by atoms with van der Waals surface area (Å²) in [6.45, 7) is 3.94. The maximum absolute atomic E-state index is 12.9. The van der Waals surface area contributed by atoms with Crippen LogP contribution in [0.4, 0.5) is 0 Å². The van der Waals surface area contributed by atoms with Crippen LogP contribution in [-0.4, -0.2) is 36.1 Å². The molecular formula is C21H23N2NaO4S. The summed E-state index contributed by atoms with van der Waals surface area (Å²) < 4.78 is 29.4. The van der Waals surface area contributed by atoms with E-state index in [1.165, 1.54) is 0 Å². The van der Waals surface area contributed by atoms with E-state index in [2.05, 4.69) is 9.97 Å². The van der Waals surface area contributed by atoms with Crippen molar-refractivity contribution in [2.24, 2.45) is 0 Å². The fourth-order valence-corrected chi connectivity index (χ4v) is 4.40. The number of rotatable bonds is 8. The zero-order valence-corrected chi connectivity index (χ0v) is 19.9. The molecule has 0 radical (unpaired) electrons. The molecule has 0 saturated heterocycles. The van der Waals surface area contributed by atoms with Gasteiger partial charge in [-0.2, -0.15) is 0 Å². The second kappa shape index (κ2) is 10.1.